The molecule has 6 atom stereocenters. The monoisotopic (exact) mass is 599 g/mol. The van der Waals surface area contributed by atoms with Crippen LogP contribution in [0.15, 0.2) is 0 Å². The second kappa shape index (κ2) is 24.1. The van der Waals surface area contributed by atoms with Crippen molar-refractivity contribution >= 4 is 11.8 Å². The SMILES string of the molecule is CCCCCCCCCCCCN(C(=O)CCCCCCCCCCC)[C@@H]1O[C@H](CO)[C@@H](O)[C@H](O)[C@H]1NC(=O)[C@H](C)N. The van der Waals surface area contributed by atoms with Crippen LogP contribution < -0.4 is 11.1 Å². The highest BCUT2D eigenvalue weighted by molar-refractivity contribution is 5.81. The molecular weight excluding hydrogens is 534 g/mol. The largest absolute Gasteiger partial charge is 0.394 e. The molecule has 1 saturated heterocycles. The quantitative estimate of drug-likeness (QED) is 0.0936. The van der Waals surface area contributed by atoms with Gasteiger partial charge in [-0.2, -0.15) is 0 Å². The van der Waals surface area contributed by atoms with Crippen molar-refractivity contribution in [3.05, 3.63) is 0 Å². The minimum Gasteiger partial charge on any atom is -0.394 e. The van der Waals surface area contributed by atoms with Crippen LogP contribution >= 0.6 is 0 Å². The summed E-state index contributed by atoms with van der Waals surface area (Å²) >= 11 is 0. The maximum absolute atomic E-state index is 13.6. The minimum atomic E-state index is -1.42. The van der Waals surface area contributed by atoms with Gasteiger partial charge in [0.25, 0.3) is 0 Å². The number of carbonyl (C=O) groups is 2. The summed E-state index contributed by atoms with van der Waals surface area (Å²) in [6.07, 6.45) is 17.5. The van der Waals surface area contributed by atoms with Gasteiger partial charge in [0.05, 0.1) is 12.6 Å². The molecule has 0 aromatic carbocycles. The van der Waals surface area contributed by atoms with Crippen molar-refractivity contribution in [2.75, 3.05) is 13.2 Å². The third kappa shape index (κ3) is 15.5. The zero-order valence-corrected chi connectivity index (χ0v) is 27.1. The van der Waals surface area contributed by atoms with Gasteiger partial charge in [0.2, 0.25) is 11.8 Å². The molecular formula is C33H65N3O6. The normalized spacial score (nSPS) is 23.1. The van der Waals surface area contributed by atoms with Gasteiger partial charge in [-0.25, -0.2) is 0 Å². The van der Waals surface area contributed by atoms with Gasteiger partial charge in [-0.05, 0) is 19.8 Å². The third-order valence-corrected chi connectivity index (χ3v) is 8.50. The molecule has 0 unspecified atom stereocenters. The van der Waals surface area contributed by atoms with Gasteiger partial charge in [0.15, 0.2) is 6.23 Å². The van der Waals surface area contributed by atoms with Crippen LogP contribution in [0.3, 0.4) is 0 Å². The molecule has 2 amide bonds. The van der Waals surface area contributed by atoms with E-state index in [-0.39, 0.29) is 5.91 Å². The maximum Gasteiger partial charge on any atom is 0.237 e. The number of aliphatic hydroxyl groups is 3. The molecule has 248 valence electrons. The Kier molecular flexibility index (Phi) is 22.2. The summed E-state index contributed by atoms with van der Waals surface area (Å²) in [4.78, 5) is 27.7. The van der Waals surface area contributed by atoms with E-state index in [0.29, 0.717) is 13.0 Å². The fourth-order valence-electron chi connectivity index (χ4n) is 5.71. The van der Waals surface area contributed by atoms with E-state index in [4.69, 9.17) is 10.5 Å². The molecule has 1 aliphatic heterocycles. The van der Waals surface area contributed by atoms with E-state index in [2.05, 4.69) is 19.2 Å². The molecule has 1 heterocycles. The lowest BCUT2D eigenvalue weighted by Crippen LogP contribution is -2.69. The highest BCUT2D eigenvalue weighted by atomic mass is 16.5. The molecule has 6 N–H and O–H groups in total. The molecule has 9 nitrogen and oxygen atoms in total. The number of aliphatic hydroxyl groups excluding tert-OH is 3. The molecule has 0 bridgehead atoms. The number of hydrogen-bond acceptors (Lipinski definition) is 7. The first kappa shape index (κ1) is 38.8. The fraction of sp³-hybridized carbons (Fsp3) is 0.939. The van der Waals surface area contributed by atoms with Gasteiger partial charge in [-0.3, -0.25) is 9.59 Å². The van der Waals surface area contributed by atoms with Gasteiger partial charge in [0.1, 0.15) is 24.4 Å². The number of nitrogens with zero attached hydrogens (tertiary/aromatic N) is 1. The van der Waals surface area contributed by atoms with Crippen LogP contribution in [0.2, 0.25) is 0 Å². The predicted octanol–water partition coefficient (Wildman–Crippen LogP) is 4.93. The number of carbonyl (C=O) groups excluding carboxylic acids is 2. The average Bonchev–Trinajstić information content (AvgIpc) is 2.97. The molecule has 1 fully saturated rings. The number of hydrogen-bond donors (Lipinski definition) is 5. The van der Waals surface area contributed by atoms with Crippen LogP contribution in [-0.4, -0.2) is 81.8 Å². The summed E-state index contributed by atoms with van der Waals surface area (Å²) in [6, 6.07) is -1.89. The van der Waals surface area contributed by atoms with Crippen molar-refractivity contribution in [1.29, 1.82) is 0 Å². The number of ether oxygens (including phenoxy) is 1. The summed E-state index contributed by atoms with van der Waals surface area (Å²) in [5, 5.41) is 34.0. The number of amides is 2. The Morgan fingerprint density at radius 1 is 0.762 bits per heavy atom. The Labute approximate surface area is 256 Å². The van der Waals surface area contributed by atoms with Gasteiger partial charge < -0.3 is 36.0 Å². The van der Waals surface area contributed by atoms with Crippen LogP contribution in [0.4, 0.5) is 0 Å². The molecule has 1 aliphatic rings. The van der Waals surface area contributed by atoms with Gasteiger partial charge in [-0.1, -0.05) is 123 Å². The summed E-state index contributed by atoms with van der Waals surface area (Å²) in [5.74, 6) is -0.605. The Balaban J connectivity index is 2.79. The molecule has 0 aromatic heterocycles. The molecule has 1 rings (SSSR count). The van der Waals surface area contributed by atoms with Crippen LogP contribution in [0.25, 0.3) is 0 Å². The smallest absolute Gasteiger partial charge is 0.237 e. The predicted molar refractivity (Wildman–Crippen MR) is 169 cm³/mol. The minimum absolute atomic E-state index is 0.0980. The Morgan fingerprint density at radius 3 is 1.67 bits per heavy atom. The van der Waals surface area contributed by atoms with Crippen LogP contribution in [0.1, 0.15) is 149 Å². The van der Waals surface area contributed by atoms with Gasteiger partial charge in [-0.15, -0.1) is 0 Å². The molecule has 0 spiro atoms. The first-order chi connectivity index (χ1) is 20.3. The Morgan fingerprint density at radius 2 is 1.21 bits per heavy atom. The van der Waals surface area contributed by atoms with Crippen molar-refractivity contribution < 1.29 is 29.6 Å². The molecule has 9 heteroatoms. The lowest BCUT2D eigenvalue weighted by Gasteiger charge is -2.47. The molecule has 0 saturated carbocycles. The fourth-order valence-corrected chi connectivity index (χ4v) is 5.71. The first-order valence-electron chi connectivity index (χ1n) is 17.3. The summed E-state index contributed by atoms with van der Waals surface area (Å²) in [6.45, 7) is 5.88. The van der Waals surface area contributed by atoms with Crippen LogP contribution in [-0.2, 0) is 14.3 Å². The second-order valence-electron chi connectivity index (χ2n) is 12.4. The van der Waals surface area contributed by atoms with Crippen molar-refractivity contribution in [2.24, 2.45) is 5.73 Å². The molecule has 0 aromatic rings. The van der Waals surface area contributed by atoms with Crippen molar-refractivity contribution in [3.8, 4) is 0 Å². The summed E-state index contributed by atoms with van der Waals surface area (Å²) in [5.41, 5.74) is 5.76. The van der Waals surface area contributed by atoms with E-state index in [1.54, 1.807) is 4.90 Å². The van der Waals surface area contributed by atoms with Gasteiger partial charge in [0, 0.05) is 13.0 Å². The maximum atomic E-state index is 13.6. The topological polar surface area (TPSA) is 145 Å². The molecule has 0 aliphatic carbocycles. The van der Waals surface area contributed by atoms with Crippen LogP contribution in [0, 0.1) is 0 Å². The third-order valence-electron chi connectivity index (χ3n) is 8.50. The lowest BCUT2D eigenvalue weighted by atomic mass is 9.94. The summed E-state index contributed by atoms with van der Waals surface area (Å²) in [7, 11) is 0. The van der Waals surface area contributed by atoms with Crippen molar-refractivity contribution in [1.82, 2.24) is 10.2 Å². The zero-order valence-electron chi connectivity index (χ0n) is 27.1. The summed E-state index contributed by atoms with van der Waals surface area (Å²) < 4.78 is 6.02. The lowest BCUT2D eigenvalue weighted by molar-refractivity contribution is -0.231. The van der Waals surface area contributed by atoms with E-state index in [1.165, 1.54) is 90.4 Å². The average molecular weight is 600 g/mol. The van der Waals surface area contributed by atoms with Gasteiger partial charge >= 0.3 is 0 Å². The van der Waals surface area contributed by atoms with E-state index in [0.717, 1.165) is 38.5 Å². The Hall–Kier alpha value is -1.26. The van der Waals surface area contributed by atoms with E-state index in [9.17, 15) is 24.9 Å². The standard InChI is InChI=1S/C33H65N3O6/c1-4-6-8-10-12-14-16-18-20-22-24-36(28(38)23-21-19-17-15-13-11-9-7-5-2)33-29(35-32(41)26(3)34)31(40)30(39)27(25-37)42-33/h26-27,29-31,33,37,39-40H,4-25,34H2,1-3H3,(H,35,41)/t26-,27+,29+,30+,31+,33+/m0/s1. The number of unbranched alkanes of at least 4 members (excludes halogenated alkanes) is 17. The Bertz CT molecular complexity index is 695. The van der Waals surface area contributed by atoms with Crippen LogP contribution in [0.5, 0.6) is 0 Å². The van der Waals surface area contributed by atoms with E-state index < -0.39 is 49.1 Å². The van der Waals surface area contributed by atoms with Crippen molar-refractivity contribution in [2.45, 2.75) is 186 Å². The molecule has 42 heavy (non-hydrogen) atoms. The highest BCUT2D eigenvalue weighted by Gasteiger charge is 2.48. The van der Waals surface area contributed by atoms with Crippen molar-refractivity contribution in [3.63, 3.8) is 0 Å². The second-order valence-corrected chi connectivity index (χ2v) is 12.4. The number of rotatable bonds is 25. The molecule has 0 radical (unpaired) electrons. The highest BCUT2D eigenvalue weighted by Crippen LogP contribution is 2.26. The van der Waals surface area contributed by atoms with E-state index in [1.807, 2.05) is 0 Å². The van der Waals surface area contributed by atoms with E-state index >= 15 is 0 Å². The zero-order chi connectivity index (χ0) is 31.2. The number of nitrogens with one attached hydrogen (secondary N) is 1. The first-order valence-corrected chi connectivity index (χ1v) is 17.3. The number of nitrogens with two attached hydrogens (primary N) is 1.